The Labute approximate surface area is 153 Å². The lowest BCUT2D eigenvalue weighted by Gasteiger charge is -2.53. The third kappa shape index (κ3) is 3.36. The SMILES string of the molecule is Cc1ccc(C(=O)NCCNC(=O)C2C3CC4CC(C3)CC2C4)cc1F. The van der Waals surface area contributed by atoms with Crippen LogP contribution in [0, 0.1) is 42.3 Å². The van der Waals surface area contributed by atoms with Crippen LogP contribution in [0.1, 0.15) is 48.0 Å². The lowest BCUT2D eigenvalue weighted by molar-refractivity contribution is -0.138. The topological polar surface area (TPSA) is 58.2 Å². The van der Waals surface area contributed by atoms with Crippen molar-refractivity contribution in [2.45, 2.75) is 39.0 Å². The Morgan fingerprint density at radius 3 is 2.23 bits per heavy atom. The van der Waals surface area contributed by atoms with E-state index < -0.39 is 0 Å². The number of halogens is 1. The van der Waals surface area contributed by atoms with Gasteiger partial charge in [-0.05, 0) is 80.4 Å². The summed E-state index contributed by atoms with van der Waals surface area (Å²) in [5.74, 6) is 2.49. The van der Waals surface area contributed by atoms with Gasteiger partial charge >= 0.3 is 0 Å². The second kappa shape index (κ2) is 7.01. The Balaban J connectivity index is 1.24. The molecule has 2 amide bonds. The summed E-state index contributed by atoms with van der Waals surface area (Å²) in [6.07, 6.45) is 6.27. The summed E-state index contributed by atoms with van der Waals surface area (Å²) in [6.45, 7) is 2.44. The standard InChI is InChI=1S/C21H27FN2O2/c1-12-2-3-15(11-18(12)22)20(25)23-4-5-24-21(26)19-16-7-13-6-14(9-16)10-17(19)8-13/h2-3,11,13-14,16-17,19H,4-10H2,1H3,(H,23,25)(H,24,26). The largest absolute Gasteiger partial charge is 0.354 e. The minimum Gasteiger partial charge on any atom is -0.354 e. The maximum atomic E-state index is 13.5. The van der Waals surface area contributed by atoms with Gasteiger partial charge in [0.15, 0.2) is 0 Å². The zero-order valence-corrected chi connectivity index (χ0v) is 15.3. The van der Waals surface area contributed by atoms with E-state index in [-0.39, 0.29) is 23.5 Å². The van der Waals surface area contributed by atoms with E-state index in [1.165, 1.54) is 38.2 Å². The van der Waals surface area contributed by atoms with Gasteiger partial charge in [0.1, 0.15) is 5.82 Å². The van der Waals surface area contributed by atoms with Gasteiger partial charge in [-0.1, -0.05) is 6.07 Å². The molecule has 1 aromatic rings. The number of aryl methyl sites for hydroxylation is 1. The fourth-order valence-corrected chi connectivity index (χ4v) is 5.67. The highest BCUT2D eigenvalue weighted by Gasteiger charge is 2.50. The first-order valence-corrected chi connectivity index (χ1v) is 9.83. The highest BCUT2D eigenvalue weighted by molar-refractivity contribution is 5.94. The summed E-state index contributed by atoms with van der Waals surface area (Å²) >= 11 is 0. The van der Waals surface area contributed by atoms with Crippen LogP contribution in [0.3, 0.4) is 0 Å². The molecule has 0 aromatic heterocycles. The molecule has 2 N–H and O–H groups in total. The number of hydrogen-bond acceptors (Lipinski definition) is 2. The first-order valence-electron chi connectivity index (χ1n) is 9.83. The first-order chi connectivity index (χ1) is 12.5. The molecule has 0 radical (unpaired) electrons. The Kier molecular flexibility index (Phi) is 4.72. The molecule has 5 rings (SSSR count). The lowest BCUT2D eigenvalue weighted by atomic mass is 9.51. The third-order valence-corrected chi connectivity index (χ3v) is 6.67. The molecular weight excluding hydrogens is 331 g/mol. The van der Waals surface area contributed by atoms with Gasteiger partial charge in [0.05, 0.1) is 0 Å². The minimum absolute atomic E-state index is 0.162. The van der Waals surface area contributed by atoms with E-state index in [1.54, 1.807) is 19.1 Å². The Morgan fingerprint density at radius 1 is 1.00 bits per heavy atom. The Morgan fingerprint density at radius 2 is 1.62 bits per heavy atom. The average Bonchev–Trinajstić information content (AvgIpc) is 2.60. The molecule has 4 aliphatic rings. The molecule has 1 aromatic carbocycles. The second-order valence-corrected chi connectivity index (χ2v) is 8.47. The van der Waals surface area contributed by atoms with Crippen LogP contribution < -0.4 is 10.6 Å². The van der Waals surface area contributed by atoms with Gasteiger partial charge in [0.2, 0.25) is 5.91 Å². The molecule has 0 heterocycles. The monoisotopic (exact) mass is 358 g/mol. The molecule has 0 unspecified atom stereocenters. The van der Waals surface area contributed by atoms with Crippen molar-refractivity contribution in [2.75, 3.05) is 13.1 Å². The Bertz CT molecular complexity index is 690. The summed E-state index contributed by atoms with van der Waals surface area (Å²) in [7, 11) is 0. The molecule has 4 saturated carbocycles. The van der Waals surface area contributed by atoms with E-state index in [2.05, 4.69) is 10.6 Å². The zero-order chi connectivity index (χ0) is 18.3. The summed E-state index contributed by atoms with van der Waals surface area (Å²) in [6, 6.07) is 4.46. The van der Waals surface area contributed by atoms with E-state index >= 15 is 0 Å². The number of hydrogen-bond donors (Lipinski definition) is 2. The minimum atomic E-state index is -0.382. The normalized spacial score (nSPS) is 31.7. The van der Waals surface area contributed by atoms with E-state index in [4.69, 9.17) is 0 Å². The summed E-state index contributed by atoms with van der Waals surface area (Å²) < 4.78 is 13.5. The van der Waals surface area contributed by atoms with Gasteiger partial charge < -0.3 is 10.6 Å². The molecule has 26 heavy (non-hydrogen) atoms. The van der Waals surface area contributed by atoms with E-state index in [1.807, 2.05) is 0 Å². The highest BCUT2D eigenvalue weighted by Crippen LogP contribution is 2.56. The van der Waals surface area contributed by atoms with E-state index in [0.29, 0.717) is 36.1 Å². The number of carbonyl (C=O) groups is 2. The van der Waals surface area contributed by atoms with Crippen molar-refractivity contribution in [1.82, 2.24) is 10.6 Å². The van der Waals surface area contributed by atoms with Crippen LogP contribution in [-0.2, 0) is 4.79 Å². The predicted octanol–water partition coefficient (Wildman–Crippen LogP) is 3.05. The molecule has 4 fully saturated rings. The fourth-order valence-electron chi connectivity index (χ4n) is 5.67. The summed E-state index contributed by atoms with van der Waals surface area (Å²) in [5.41, 5.74) is 0.824. The maximum Gasteiger partial charge on any atom is 0.251 e. The van der Waals surface area contributed by atoms with E-state index in [0.717, 1.165) is 11.8 Å². The number of nitrogens with one attached hydrogen (secondary N) is 2. The fraction of sp³-hybridized carbons (Fsp3) is 0.619. The number of carbonyl (C=O) groups excluding carboxylic acids is 2. The molecule has 0 saturated heterocycles. The van der Waals surface area contributed by atoms with Gasteiger partial charge in [-0.25, -0.2) is 4.39 Å². The Hall–Kier alpha value is -1.91. The summed E-state index contributed by atoms with van der Waals surface area (Å²) in [4.78, 5) is 24.7. The zero-order valence-electron chi connectivity index (χ0n) is 15.3. The van der Waals surface area contributed by atoms with Crippen molar-refractivity contribution in [1.29, 1.82) is 0 Å². The lowest BCUT2D eigenvalue weighted by Crippen LogP contribution is -2.51. The molecular formula is C21H27FN2O2. The van der Waals surface area contributed by atoms with Crippen molar-refractivity contribution in [3.8, 4) is 0 Å². The van der Waals surface area contributed by atoms with E-state index in [9.17, 15) is 14.0 Å². The van der Waals surface area contributed by atoms with Crippen LogP contribution in [0.2, 0.25) is 0 Å². The van der Waals surface area contributed by atoms with Gasteiger partial charge in [-0.3, -0.25) is 9.59 Å². The molecule has 4 bridgehead atoms. The summed E-state index contributed by atoms with van der Waals surface area (Å²) in [5, 5.41) is 5.76. The predicted molar refractivity (Wildman–Crippen MR) is 97.0 cm³/mol. The molecule has 5 heteroatoms. The molecule has 0 spiro atoms. The van der Waals surface area contributed by atoms with Crippen LogP contribution in [-0.4, -0.2) is 24.9 Å². The second-order valence-electron chi connectivity index (χ2n) is 8.47. The van der Waals surface area contributed by atoms with Crippen LogP contribution in [0.15, 0.2) is 18.2 Å². The number of benzene rings is 1. The van der Waals surface area contributed by atoms with Crippen molar-refractivity contribution < 1.29 is 14.0 Å². The van der Waals surface area contributed by atoms with Crippen molar-refractivity contribution in [2.24, 2.45) is 29.6 Å². The van der Waals surface area contributed by atoms with Crippen molar-refractivity contribution in [3.63, 3.8) is 0 Å². The molecule has 0 aliphatic heterocycles. The van der Waals surface area contributed by atoms with Crippen molar-refractivity contribution >= 4 is 11.8 Å². The smallest absolute Gasteiger partial charge is 0.251 e. The third-order valence-electron chi connectivity index (χ3n) is 6.67. The maximum absolute atomic E-state index is 13.5. The first kappa shape index (κ1) is 17.5. The molecule has 140 valence electrons. The van der Waals surface area contributed by atoms with Crippen LogP contribution >= 0.6 is 0 Å². The van der Waals surface area contributed by atoms with Crippen molar-refractivity contribution in [3.05, 3.63) is 35.1 Å². The van der Waals surface area contributed by atoms with Gasteiger partial charge in [0.25, 0.3) is 5.91 Å². The van der Waals surface area contributed by atoms with Crippen LogP contribution in [0.5, 0.6) is 0 Å². The van der Waals surface area contributed by atoms with Crippen LogP contribution in [0.25, 0.3) is 0 Å². The van der Waals surface area contributed by atoms with Crippen LogP contribution in [0.4, 0.5) is 4.39 Å². The number of rotatable bonds is 5. The molecule has 0 atom stereocenters. The number of amides is 2. The van der Waals surface area contributed by atoms with Gasteiger partial charge in [0, 0.05) is 24.6 Å². The molecule has 4 aliphatic carbocycles. The van der Waals surface area contributed by atoms with Gasteiger partial charge in [-0.2, -0.15) is 0 Å². The quantitative estimate of drug-likeness (QED) is 0.795. The molecule has 4 nitrogen and oxygen atoms in total. The average molecular weight is 358 g/mol. The highest BCUT2D eigenvalue weighted by atomic mass is 19.1. The van der Waals surface area contributed by atoms with Gasteiger partial charge in [-0.15, -0.1) is 0 Å².